The molecule has 0 aliphatic rings. The quantitative estimate of drug-likeness (QED) is 0.702. The molecular formula is C13H24N2OS. The predicted octanol–water partition coefficient (Wildman–Crippen LogP) is 2.38. The van der Waals surface area contributed by atoms with Crippen LogP contribution in [0, 0.1) is 12.3 Å². The first-order chi connectivity index (χ1) is 8.17. The molecule has 0 aliphatic heterocycles. The van der Waals surface area contributed by atoms with Gasteiger partial charge in [0, 0.05) is 30.0 Å². The summed E-state index contributed by atoms with van der Waals surface area (Å²) in [5.41, 5.74) is 3.11. The fraction of sp³-hybridized carbons (Fsp3) is 0.769. The highest BCUT2D eigenvalue weighted by molar-refractivity contribution is 7.09. The summed E-state index contributed by atoms with van der Waals surface area (Å²) in [4.78, 5) is 5.60. The molecule has 3 nitrogen and oxygen atoms in total. The zero-order valence-corrected chi connectivity index (χ0v) is 11.9. The van der Waals surface area contributed by atoms with Gasteiger partial charge in [-0.1, -0.05) is 13.8 Å². The topological polar surface area (TPSA) is 45.1 Å². The molecule has 4 heteroatoms. The molecule has 1 aromatic heterocycles. The second-order valence-corrected chi connectivity index (χ2v) is 5.59. The van der Waals surface area contributed by atoms with Crippen LogP contribution in [0.1, 0.15) is 37.3 Å². The van der Waals surface area contributed by atoms with Gasteiger partial charge in [0.05, 0.1) is 11.2 Å². The highest BCUT2D eigenvalue weighted by atomic mass is 32.1. The van der Waals surface area contributed by atoms with Crippen LogP contribution in [0.2, 0.25) is 0 Å². The van der Waals surface area contributed by atoms with E-state index in [0.717, 1.165) is 38.0 Å². The summed E-state index contributed by atoms with van der Waals surface area (Å²) < 4.78 is 0. The standard InChI is InChI=1S/C13H24N2OS/c1-4-13(5-2,9-16)8-14-7-6-12-11(3)15-10-17-12/h10,14,16H,4-9H2,1-3H3. The van der Waals surface area contributed by atoms with E-state index in [1.54, 1.807) is 11.3 Å². The Hall–Kier alpha value is -0.450. The molecule has 0 saturated heterocycles. The predicted molar refractivity (Wildman–Crippen MR) is 73.5 cm³/mol. The van der Waals surface area contributed by atoms with Gasteiger partial charge in [-0.15, -0.1) is 11.3 Å². The molecule has 1 heterocycles. The van der Waals surface area contributed by atoms with E-state index in [1.807, 2.05) is 5.51 Å². The Bertz CT molecular complexity index is 313. The van der Waals surface area contributed by atoms with Gasteiger partial charge in [-0.3, -0.25) is 0 Å². The Morgan fingerprint density at radius 1 is 1.41 bits per heavy atom. The van der Waals surface area contributed by atoms with Crippen molar-refractivity contribution in [2.24, 2.45) is 5.41 Å². The minimum atomic E-state index is 0.0583. The fourth-order valence-electron chi connectivity index (χ4n) is 1.90. The molecule has 0 aromatic carbocycles. The van der Waals surface area contributed by atoms with Crippen LogP contribution in [0.3, 0.4) is 0 Å². The second kappa shape index (κ2) is 7.09. The smallest absolute Gasteiger partial charge is 0.0797 e. The van der Waals surface area contributed by atoms with Crippen LogP contribution in [0.15, 0.2) is 5.51 Å². The normalized spacial score (nSPS) is 12.0. The zero-order valence-electron chi connectivity index (χ0n) is 11.1. The highest BCUT2D eigenvalue weighted by Gasteiger charge is 2.24. The molecule has 1 rings (SSSR count). The van der Waals surface area contributed by atoms with Gasteiger partial charge in [-0.2, -0.15) is 0 Å². The maximum Gasteiger partial charge on any atom is 0.0797 e. The van der Waals surface area contributed by atoms with E-state index in [4.69, 9.17) is 0 Å². The summed E-state index contributed by atoms with van der Waals surface area (Å²) in [6.45, 7) is 8.48. The second-order valence-electron chi connectivity index (χ2n) is 4.65. The average molecular weight is 256 g/mol. The lowest BCUT2D eigenvalue weighted by molar-refractivity contribution is 0.113. The van der Waals surface area contributed by atoms with Crippen LogP contribution >= 0.6 is 11.3 Å². The number of hydrogen-bond acceptors (Lipinski definition) is 4. The van der Waals surface area contributed by atoms with Crippen molar-refractivity contribution < 1.29 is 5.11 Å². The van der Waals surface area contributed by atoms with E-state index in [0.29, 0.717) is 0 Å². The minimum Gasteiger partial charge on any atom is -0.396 e. The summed E-state index contributed by atoms with van der Waals surface area (Å²) in [5, 5.41) is 12.9. The van der Waals surface area contributed by atoms with Crippen molar-refractivity contribution in [2.75, 3.05) is 19.7 Å². The maximum absolute atomic E-state index is 9.46. The molecule has 1 aromatic rings. The largest absolute Gasteiger partial charge is 0.396 e. The molecule has 0 aliphatic carbocycles. The van der Waals surface area contributed by atoms with Crippen LogP contribution in [-0.4, -0.2) is 29.8 Å². The van der Waals surface area contributed by atoms with Gasteiger partial charge in [0.25, 0.3) is 0 Å². The van der Waals surface area contributed by atoms with E-state index in [1.165, 1.54) is 4.88 Å². The summed E-state index contributed by atoms with van der Waals surface area (Å²) in [6.07, 6.45) is 3.07. The Labute approximate surface area is 108 Å². The SMILES string of the molecule is CCC(CC)(CO)CNCCc1scnc1C. The maximum atomic E-state index is 9.46. The molecule has 0 saturated carbocycles. The molecular weight excluding hydrogens is 232 g/mol. The van der Waals surface area contributed by atoms with E-state index >= 15 is 0 Å². The van der Waals surface area contributed by atoms with Crippen molar-refractivity contribution in [1.29, 1.82) is 0 Å². The van der Waals surface area contributed by atoms with Gasteiger partial charge in [0.15, 0.2) is 0 Å². The van der Waals surface area contributed by atoms with Gasteiger partial charge >= 0.3 is 0 Å². The monoisotopic (exact) mass is 256 g/mol. The van der Waals surface area contributed by atoms with Gasteiger partial charge in [-0.25, -0.2) is 4.98 Å². The highest BCUT2D eigenvalue weighted by Crippen LogP contribution is 2.24. The summed E-state index contributed by atoms with van der Waals surface area (Å²) in [6, 6.07) is 0. The third-order valence-electron chi connectivity index (χ3n) is 3.71. The Kier molecular flexibility index (Phi) is 6.09. The first-order valence-corrected chi connectivity index (χ1v) is 7.26. The average Bonchev–Trinajstić information content (AvgIpc) is 2.76. The van der Waals surface area contributed by atoms with Crippen LogP contribution in [-0.2, 0) is 6.42 Å². The molecule has 17 heavy (non-hydrogen) atoms. The number of aromatic nitrogens is 1. The van der Waals surface area contributed by atoms with Crippen LogP contribution in [0.5, 0.6) is 0 Å². The molecule has 0 spiro atoms. The lowest BCUT2D eigenvalue weighted by atomic mass is 9.83. The zero-order chi connectivity index (χ0) is 12.7. The van der Waals surface area contributed by atoms with Gasteiger partial charge in [-0.05, 0) is 26.2 Å². The number of rotatable bonds is 8. The van der Waals surface area contributed by atoms with Crippen LogP contribution in [0.4, 0.5) is 0 Å². The van der Waals surface area contributed by atoms with E-state index < -0.39 is 0 Å². The molecule has 2 N–H and O–H groups in total. The Balaban J connectivity index is 2.30. The Morgan fingerprint density at radius 2 is 2.12 bits per heavy atom. The van der Waals surface area contributed by atoms with Crippen molar-refractivity contribution in [3.8, 4) is 0 Å². The third-order valence-corrected chi connectivity index (χ3v) is 4.70. The first kappa shape index (κ1) is 14.6. The first-order valence-electron chi connectivity index (χ1n) is 6.38. The lowest BCUT2D eigenvalue weighted by Gasteiger charge is -2.29. The van der Waals surface area contributed by atoms with E-state index in [-0.39, 0.29) is 12.0 Å². The van der Waals surface area contributed by atoms with Crippen molar-refractivity contribution in [3.63, 3.8) is 0 Å². The van der Waals surface area contributed by atoms with Gasteiger partial charge < -0.3 is 10.4 Å². The van der Waals surface area contributed by atoms with Crippen LogP contribution in [0.25, 0.3) is 0 Å². The molecule has 0 atom stereocenters. The van der Waals surface area contributed by atoms with Crippen LogP contribution < -0.4 is 5.32 Å². The van der Waals surface area contributed by atoms with Crippen molar-refractivity contribution in [1.82, 2.24) is 10.3 Å². The number of thiazole rings is 1. The fourth-order valence-corrected chi connectivity index (χ4v) is 2.68. The van der Waals surface area contributed by atoms with Crippen molar-refractivity contribution in [3.05, 3.63) is 16.1 Å². The number of nitrogens with zero attached hydrogens (tertiary/aromatic N) is 1. The number of hydrogen-bond donors (Lipinski definition) is 2. The number of nitrogens with one attached hydrogen (secondary N) is 1. The number of aliphatic hydroxyl groups excluding tert-OH is 1. The van der Waals surface area contributed by atoms with E-state index in [2.05, 4.69) is 31.1 Å². The number of aryl methyl sites for hydroxylation is 1. The lowest BCUT2D eigenvalue weighted by Crippen LogP contribution is -2.37. The summed E-state index contributed by atoms with van der Waals surface area (Å²) in [5.74, 6) is 0. The molecule has 0 bridgehead atoms. The number of aliphatic hydroxyl groups is 1. The van der Waals surface area contributed by atoms with Gasteiger partial charge in [0.2, 0.25) is 0 Å². The van der Waals surface area contributed by atoms with Crippen molar-refractivity contribution >= 4 is 11.3 Å². The molecule has 98 valence electrons. The molecule has 0 fully saturated rings. The minimum absolute atomic E-state index is 0.0583. The summed E-state index contributed by atoms with van der Waals surface area (Å²) in [7, 11) is 0. The third kappa shape index (κ3) is 4.05. The molecule has 0 unspecified atom stereocenters. The molecule has 0 radical (unpaired) electrons. The Morgan fingerprint density at radius 3 is 2.59 bits per heavy atom. The van der Waals surface area contributed by atoms with Crippen molar-refractivity contribution in [2.45, 2.75) is 40.0 Å². The van der Waals surface area contributed by atoms with Gasteiger partial charge in [0.1, 0.15) is 0 Å². The molecule has 0 amide bonds. The summed E-state index contributed by atoms with van der Waals surface area (Å²) >= 11 is 1.72. The van der Waals surface area contributed by atoms with E-state index in [9.17, 15) is 5.11 Å².